The average Bonchev–Trinajstić information content (AvgIpc) is 3.18. The fourth-order valence-corrected chi connectivity index (χ4v) is 7.85. The average molecular weight is 449 g/mol. The van der Waals surface area contributed by atoms with Crippen molar-refractivity contribution in [3.05, 3.63) is 0 Å². The van der Waals surface area contributed by atoms with Gasteiger partial charge in [-0.2, -0.15) is 0 Å². The van der Waals surface area contributed by atoms with Crippen molar-refractivity contribution in [2.24, 2.45) is 33.5 Å². The van der Waals surface area contributed by atoms with Crippen LogP contribution in [0.1, 0.15) is 86.5 Å². The van der Waals surface area contributed by atoms with E-state index in [0.29, 0.717) is 35.8 Å². The summed E-state index contributed by atoms with van der Waals surface area (Å²) >= 11 is 0. The molecule has 0 heterocycles. The second-order valence-electron chi connectivity index (χ2n) is 13.7. The molecule has 0 radical (unpaired) electrons. The zero-order valence-electron chi connectivity index (χ0n) is 21.8. The zero-order chi connectivity index (χ0) is 23.7. The number of likely N-dealkylation sites (N-methyl/N-ethyl adjacent to an activating group) is 1. The van der Waals surface area contributed by atoms with Gasteiger partial charge < -0.3 is 14.0 Å². The van der Waals surface area contributed by atoms with Crippen molar-refractivity contribution < 1.29 is 23.5 Å². The third-order valence-electron chi connectivity index (χ3n) is 11.5. The van der Waals surface area contributed by atoms with Gasteiger partial charge >= 0.3 is 11.9 Å². The van der Waals surface area contributed by atoms with Gasteiger partial charge in [-0.3, -0.25) is 4.79 Å². The third-order valence-corrected chi connectivity index (χ3v) is 11.5. The first-order chi connectivity index (χ1) is 14.6. The summed E-state index contributed by atoms with van der Waals surface area (Å²) in [4.78, 5) is 25.5. The number of hydrogen-bond donors (Lipinski definition) is 0. The fourth-order valence-electron chi connectivity index (χ4n) is 7.85. The Bertz CT molecular complexity index is 787. The molecule has 4 rings (SSSR count). The van der Waals surface area contributed by atoms with Crippen LogP contribution in [0.2, 0.25) is 0 Å². The molecule has 4 bridgehead atoms. The molecule has 0 amide bonds. The lowest BCUT2D eigenvalue weighted by molar-refractivity contribution is -0.882. The molecule has 182 valence electrons. The Kier molecular flexibility index (Phi) is 5.60. The van der Waals surface area contributed by atoms with E-state index < -0.39 is 0 Å². The monoisotopic (exact) mass is 448 g/mol. The Labute approximate surface area is 195 Å². The second kappa shape index (κ2) is 7.45. The van der Waals surface area contributed by atoms with Gasteiger partial charge in [-0.1, -0.05) is 41.5 Å². The Hall–Kier alpha value is -1.10. The predicted molar refractivity (Wildman–Crippen MR) is 125 cm³/mol. The topological polar surface area (TPSA) is 52.6 Å². The largest absolute Gasteiger partial charge is 0.462 e. The van der Waals surface area contributed by atoms with Crippen molar-refractivity contribution in [3.8, 4) is 0 Å². The molecule has 32 heavy (non-hydrogen) atoms. The maximum absolute atomic E-state index is 12.8. The highest BCUT2D eigenvalue weighted by atomic mass is 16.6. The third kappa shape index (κ3) is 3.52. The molecule has 0 N–H and O–H groups in total. The molecule has 4 saturated carbocycles. The predicted octanol–water partition coefficient (Wildman–Crippen LogP) is 4.97. The summed E-state index contributed by atoms with van der Waals surface area (Å²) in [5.74, 6) is 1.05. The number of nitrogens with zero attached hydrogens (tertiary/aromatic N) is 1. The molecule has 4 aliphatic carbocycles. The molecule has 6 atom stereocenters. The first-order valence-corrected chi connectivity index (χ1v) is 12.8. The van der Waals surface area contributed by atoms with E-state index in [1.54, 1.807) is 0 Å². The van der Waals surface area contributed by atoms with Gasteiger partial charge in [0.15, 0.2) is 6.54 Å². The maximum Gasteiger partial charge on any atom is 0.362 e. The molecule has 0 aromatic heterocycles. The van der Waals surface area contributed by atoms with Gasteiger partial charge in [0, 0.05) is 10.8 Å². The highest BCUT2D eigenvalue weighted by Gasteiger charge is 2.64. The molecule has 6 unspecified atom stereocenters. The first kappa shape index (κ1) is 24.0. The zero-order valence-corrected chi connectivity index (χ0v) is 21.8. The molecular weight excluding hydrogens is 402 g/mol. The van der Waals surface area contributed by atoms with Crippen LogP contribution in [0.5, 0.6) is 0 Å². The number of carbonyl (C=O) groups excluding carboxylic acids is 2. The van der Waals surface area contributed by atoms with E-state index in [1.807, 2.05) is 14.1 Å². The summed E-state index contributed by atoms with van der Waals surface area (Å²) < 4.78 is 12.5. The Morgan fingerprint density at radius 2 is 1.22 bits per heavy atom. The van der Waals surface area contributed by atoms with Crippen LogP contribution in [-0.4, -0.2) is 55.8 Å². The van der Waals surface area contributed by atoms with Crippen molar-refractivity contribution in [3.63, 3.8) is 0 Å². The van der Waals surface area contributed by atoms with Crippen LogP contribution in [0.15, 0.2) is 0 Å². The number of rotatable bonds is 7. The van der Waals surface area contributed by atoms with E-state index in [0.717, 1.165) is 25.7 Å². The number of quaternary nitrogens is 1. The molecule has 5 heteroatoms. The fraction of sp³-hybridized carbons (Fsp3) is 0.926. The van der Waals surface area contributed by atoms with Crippen LogP contribution < -0.4 is 0 Å². The van der Waals surface area contributed by atoms with Crippen LogP contribution in [0.3, 0.4) is 0 Å². The molecule has 5 nitrogen and oxygen atoms in total. The minimum absolute atomic E-state index is 0.0237. The van der Waals surface area contributed by atoms with Gasteiger partial charge in [0.2, 0.25) is 0 Å². The van der Waals surface area contributed by atoms with E-state index in [9.17, 15) is 9.59 Å². The minimum Gasteiger partial charge on any atom is -0.462 e. The highest BCUT2D eigenvalue weighted by molar-refractivity contribution is 5.71. The van der Waals surface area contributed by atoms with Crippen LogP contribution in [-0.2, 0) is 19.1 Å². The number of ether oxygens (including phenoxy) is 2. The van der Waals surface area contributed by atoms with Gasteiger partial charge in [0.1, 0.15) is 12.2 Å². The lowest BCUT2D eigenvalue weighted by Gasteiger charge is -2.39. The van der Waals surface area contributed by atoms with Crippen molar-refractivity contribution >= 4 is 11.9 Å². The van der Waals surface area contributed by atoms with Gasteiger partial charge in [0.25, 0.3) is 0 Å². The number of carbonyl (C=O) groups is 2. The quantitative estimate of drug-likeness (QED) is 0.408. The Morgan fingerprint density at radius 1 is 0.781 bits per heavy atom. The van der Waals surface area contributed by atoms with Gasteiger partial charge in [-0.25, -0.2) is 4.79 Å². The second-order valence-corrected chi connectivity index (χ2v) is 13.7. The normalized spacial score (nSPS) is 41.1. The summed E-state index contributed by atoms with van der Waals surface area (Å²) in [7, 11) is 4.01. The van der Waals surface area contributed by atoms with Crippen LogP contribution >= 0.6 is 0 Å². The van der Waals surface area contributed by atoms with E-state index >= 15 is 0 Å². The van der Waals surface area contributed by atoms with E-state index in [-0.39, 0.29) is 45.8 Å². The molecule has 0 aromatic carbocycles. The number of esters is 2. The lowest BCUT2D eigenvalue weighted by atomic mass is 9.70. The standard InChI is InChI=1S/C27H46NO4/c1-24(2)18-9-12-26(24,5)20(15-18)31-22(29)11-14-28(7,8)17-23(30)32-21-16-19-10-13-27(21,6)25(19,3)4/h18-21H,9-17H2,1-8H3/q+1. The number of fused-ring (bicyclic) bond motifs is 4. The van der Waals surface area contributed by atoms with Gasteiger partial charge in [-0.05, 0) is 61.2 Å². The summed E-state index contributed by atoms with van der Waals surface area (Å²) in [5, 5.41) is 0. The maximum atomic E-state index is 12.8. The van der Waals surface area contributed by atoms with Gasteiger partial charge in [-0.15, -0.1) is 0 Å². The smallest absolute Gasteiger partial charge is 0.362 e. The molecule has 0 aromatic rings. The SMILES string of the molecule is CC1(C)C2CCC1(C)C(OC(=O)CC[N+](C)(C)CC(=O)OC1CC3CCC1(C)C3(C)C)C2. The summed E-state index contributed by atoms with van der Waals surface area (Å²) in [6.45, 7) is 14.8. The van der Waals surface area contributed by atoms with E-state index in [4.69, 9.17) is 9.47 Å². The molecule has 0 aliphatic heterocycles. The summed E-state index contributed by atoms with van der Waals surface area (Å²) in [5.41, 5.74) is 0.643. The molecule has 0 saturated heterocycles. The van der Waals surface area contributed by atoms with E-state index in [2.05, 4.69) is 41.5 Å². The van der Waals surface area contributed by atoms with Crippen LogP contribution in [0.25, 0.3) is 0 Å². The van der Waals surface area contributed by atoms with Crippen LogP contribution in [0.4, 0.5) is 0 Å². The summed E-state index contributed by atoms with van der Waals surface area (Å²) in [6, 6.07) is 0. The van der Waals surface area contributed by atoms with Gasteiger partial charge in [0.05, 0.1) is 27.1 Å². The van der Waals surface area contributed by atoms with Crippen molar-refractivity contribution in [1.82, 2.24) is 0 Å². The lowest BCUT2D eigenvalue weighted by Crippen LogP contribution is -2.48. The van der Waals surface area contributed by atoms with Crippen molar-refractivity contribution in [1.29, 1.82) is 0 Å². The summed E-state index contributed by atoms with van der Waals surface area (Å²) in [6.07, 6.45) is 7.18. The molecule has 4 aliphatic rings. The molecular formula is C27H46NO4+. The molecule has 0 spiro atoms. The Morgan fingerprint density at radius 3 is 1.59 bits per heavy atom. The van der Waals surface area contributed by atoms with Crippen molar-refractivity contribution in [2.45, 2.75) is 98.7 Å². The first-order valence-electron chi connectivity index (χ1n) is 12.8. The highest BCUT2D eigenvalue weighted by Crippen LogP contribution is 2.67. The Balaban J connectivity index is 1.25. The van der Waals surface area contributed by atoms with E-state index in [1.165, 1.54) is 12.8 Å². The number of hydrogen-bond acceptors (Lipinski definition) is 4. The van der Waals surface area contributed by atoms with Crippen LogP contribution in [0, 0.1) is 33.5 Å². The molecule has 4 fully saturated rings. The van der Waals surface area contributed by atoms with Crippen molar-refractivity contribution in [2.75, 3.05) is 27.2 Å². The minimum atomic E-state index is -0.139.